The van der Waals surface area contributed by atoms with Crippen molar-refractivity contribution >= 4 is 11.9 Å². The lowest BCUT2D eigenvalue weighted by atomic mass is 9.88. The van der Waals surface area contributed by atoms with Crippen molar-refractivity contribution in [2.45, 2.75) is 32.6 Å². The number of benzene rings is 1. The Kier molecular flexibility index (Phi) is 8.42. The molecule has 0 aromatic heterocycles. The van der Waals surface area contributed by atoms with Crippen molar-refractivity contribution in [3.63, 3.8) is 0 Å². The molecule has 0 aliphatic carbocycles. The second-order valence-corrected chi connectivity index (χ2v) is 7.06. The van der Waals surface area contributed by atoms with Crippen molar-refractivity contribution in [3.8, 4) is 17.2 Å². The number of amides is 3. The lowest BCUT2D eigenvalue weighted by molar-refractivity contribution is -0.124. The third kappa shape index (κ3) is 5.25. The lowest BCUT2D eigenvalue weighted by Gasteiger charge is -2.21. The van der Waals surface area contributed by atoms with Crippen LogP contribution in [0.25, 0.3) is 0 Å². The number of carbonyl (C=O) groups excluding carboxylic acids is 2. The fraction of sp³-hybridized carbons (Fsp3) is 0.619. The summed E-state index contributed by atoms with van der Waals surface area (Å²) in [5, 5.41) is 5.83. The molecule has 29 heavy (non-hydrogen) atoms. The number of carbonyl (C=O) groups is 2. The Morgan fingerprint density at radius 1 is 1.03 bits per heavy atom. The molecule has 1 saturated heterocycles. The number of ether oxygens (including phenoxy) is 3. The Hall–Kier alpha value is -2.64. The monoisotopic (exact) mass is 407 g/mol. The standard InChI is InChI=1S/C21H33N3O5/c1-6-8-9-23-20(25)16-13-24(21(26)22-7-2)12-15(16)14-10-17(27-3)19(29-5)18(11-14)28-4/h10-11,15-16H,6-9,12-13H2,1-5H3,(H,22,26)(H,23,25). The molecule has 0 radical (unpaired) electrons. The fourth-order valence-electron chi connectivity index (χ4n) is 3.67. The molecular formula is C21H33N3O5. The molecule has 1 heterocycles. The summed E-state index contributed by atoms with van der Waals surface area (Å²) in [5.74, 6) is 1.00. The van der Waals surface area contributed by atoms with Crippen molar-refractivity contribution in [2.24, 2.45) is 5.92 Å². The van der Waals surface area contributed by atoms with Crippen LogP contribution < -0.4 is 24.8 Å². The molecule has 2 atom stereocenters. The van der Waals surface area contributed by atoms with E-state index in [1.54, 1.807) is 26.2 Å². The highest BCUT2D eigenvalue weighted by Gasteiger charge is 2.41. The molecule has 3 amide bonds. The number of hydrogen-bond acceptors (Lipinski definition) is 5. The first-order valence-electron chi connectivity index (χ1n) is 10.1. The highest BCUT2D eigenvalue weighted by atomic mass is 16.5. The van der Waals surface area contributed by atoms with Gasteiger partial charge in [0.2, 0.25) is 11.7 Å². The quantitative estimate of drug-likeness (QED) is 0.614. The predicted molar refractivity (Wildman–Crippen MR) is 111 cm³/mol. The summed E-state index contributed by atoms with van der Waals surface area (Å²) in [4.78, 5) is 27.0. The number of nitrogens with zero attached hydrogens (tertiary/aromatic N) is 1. The second kappa shape index (κ2) is 10.8. The summed E-state index contributed by atoms with van der Waals surface area (Å²) in [7, 11) is 4.67. The Balaban J connectivity index is 2.36. The van der Waals surface area contributed by atoms with E-state index in [-0.39, 0.29) is 23.8 Å². The van der Waals surface area contributed by atoms with Gasteiger partial charge in [0.15, 0.2) is 11.5 Å². The zero-order valence-corrected chi connectivity index (χ0v) is 18.0. The summed E-state index contributed by atoms with van der Waals surface area (Å²) in [6.45, 7) is 5.94. The molecule has 0 spiro atoms. The van der Waals surface area contributed by atoms with Gasteiger partial charge in [-0.15, -0.1) is 0 Å². The first-order chi connectivity index (χ1) is 14.0. The fourth-order valence-corrected chi connectivity index (χ4v) is 3.67. The lowest BCUT2D eigenvalue weighted by Crippen LogP contribution is -2.40. The third-order valence-electron chi connectivity index (χ3n) is 5.22. The highest BCUT2D eigenvalue weighted by Crippen LogP contribution is 2.43. The molecule has 1 aromatic carbocycles. The maximum atomic E-state index is 12.9. The van der Waals surface area contributed by atoms with Crippen LogP contribution >= 0.6 is 0 Å². The van der Waals surface area contributed by atoms with E-state index in [4.69, 9.17) is 14.2 Å². The first-order valence-corrected chi connectivity index (χ1v) is 10.1. The van der Waals surface area contributed by atoms with E-state index in [9.17, 15) is 9.59 Å². The molecule has 1 aliphatic rings. The Labute approximate surface area is 172 Å². The van der Waals surface area contributed by atoms with Gasteiger partial charge in [-0.3, -0.25) is 4.79 Å². The summed E-state index contributed by atoms with van der Waals surface area (Å²) in [5.41, 5.74) is 0.877. The number of nitrogens with one attached hydrogen (secondary N) is 2. The van der Waals surface area contributed by atoms with Gasteiger partial charge in [-0.05, 0) is 31.0 Å². The van der Waals surface area contributed by atoms with Crippen molar-refractivity contribution in [1.29, 1.82) is 0 Å². The Bertz CT molecular complexity index is 685. The van der Waals surface area contributed by atoms with Gasteiger partial charge < -0.3 is 29.7 Å². The van der Waals surface area contributed by atoms with Gasteiger partial charge in [-0.1, -0.05) is 13.3 Å². The molecule has 2 unspecified atom stereocenters. The van der Waals surface area contributed by atoms with Gasteiger partial charge in [0.1, 0.15) is 0 Å². The van der Waals surface area contributed by atoms with Gasteiger partial charge in [0, 0.05) is 32.1 Å². The van der Waals surface area contributed by atoms with Crippen LogP contribution in [0.1, 0.15) is 38.2 Å². The van der Waals surface area contributed by atoms with Crippen LogP contribution in [0, 0.1) is 5.92 Å². The smallest absolute Gasteiger partial charge is 0.317 e. The molecule has 2 N–H and O–H groups in total. The maximum absolute atomic E-state index is 12.9. The Morgan fingerprint density at radius 2 is 1.69 bits per heavy atom. The zero-order chi connectivity index (χ0) is 21.4. The van der Waals surface area contributed by atoms with Crippen LogP contribution in [-0.2, 0) is 4.79 Å². The highest BCUT2D eigenvalue weighted by molar-refractivity contribution is 5.83. The van der Waals surface area contributed by atoms with E-state index in [2.05, 4.69) is 17.6 Å². The first kappa shape index (κ1) is 22.6. The van der Waals surface area contributed by atoms with E-state index >= 15 is 0 Å². The maximum Gasteiger partial charge on any atom is 0.317 e. The van der Waals surface area contributed by atoms with Crippen LogP contribution in [-0.4, -0.2) is 64.3 Å². The molecule has 1 aromatic rings. The van der Waals surface area contributed by atoms with Crippen molar-refractivity contribution in [1.82, 2.24) is 15.5 Å². The summed E-state index contributed by atoms with van der Waals surface area (Å²) in [6, 6.07) is 3.56. The number of hydrogen-bond donors (Lipinski definition) is 2. The van der Waals surface area contributed by atoms with Crippen molar-refractivity contribution < 1.29 is 23.8 Å². The van der Waals surface area contributed by atoms with E-state index in [0.29, 0.717) is 43.4 Å². The van der Waals surface area contributed by atoms with Gasteiger partial charge in [-0.2, -0.15) is 0 Å². The second-order valence-electron chi connectivity index (χ2n) is 7.06. The molecule has 162 valence electrons. The molecule has 0 saturated carbocycles. The minimum absolute atomic E-state index is 0.0380. The van der Waals surface area contributed by atoms with E-state index in [0.717, 1.165) is 18.4 Å². The Morgan fingerprint density at radius 3 is 2.21 bits per heavy atom. The van der Waals surface area contributed by atoms with E-state index < -0.39 is 0 Å². The molecular weight excluding hydrogens is 374 g/mol. The molecule has 8 nitrogen and oxygen atoms in total. The van der Waals surface area contributed by atoms with Gasteiger partial charge in [0.05, 0.1) is 27.2 Å². The minimum Gasteiger partial charge on any atom is -0.493 e. The van der Waals surface area contributed by atoms with Crippen molar-refractivity contribution in [2.75, 3.05) is 47.5 Å². The molecule has 8 heteroatoms. The number of rotatable bonds is 9. The van der Waals surface area contributed by atoms with E-state index in [1.165, 1.54) is 0 Å². The molecule has 0 bridgehead atoms. The topological polar surface area (TPSA) is 89.1 Å². The average molecular weight is 408 g/mol. The third-order valence-corrected chi connectivity index (χ3v) is 5.22. The number of methoxy groups -OCH3 is 3. The average Bonchev–Trinajstić information content (AvgIpc) is 3.18. The largest absolute Gasteiger partial charge is 0.493 e. The molecule has 1 fully saturated rings. The number of urea groups is 1. The molecule has 2 rings (SSSR count). The molecule has 1 aliphatic heterocycles. The van der Waals surface area contributed by atoms with E-state index in [1.807, 2.05) is 19.1 Å². The zero-order valence-electron chi connectivity index (χ0n) is 18.0. The van der Waals surface area contributed by atoms with Gasteiger partial charge in [0.25, 0.3) is 0 Å². The van der Waals surface area contributed by atoms with Gasteiger partial charge >= 0.3 is 6.03 Å². The minimum atomic E-state index is -0.350. The summed E-state index contributed by atoms with van der Waals surface area (Å²) >= 11 is 0. The van der Waals surface area contributed by atoms with Crippen LogP contribution in [0.15, 0.2) is 12.1 Å². The number of unbranched alkanes of at least 4 members (excludes halogenated alkanes) is 1. The summed E-state index contributed by atoms with van der Waals surface area (Å²) in [6.07, 6.45) is 1.93. The van der Waals surface area contributed by atoms with Crippen LogP contribution in [0.2, 0.25) is 0 Å². The van der Waals surface area contributed by atoms with Crippen LogP contribution in [0.5, 0.6) is 17.2 Å². The van der Waals surface area contributed by atoms with Gasteiger partial charge in [-0.25, -0.2) is 4.79 Å². The number of likely N-dealkylation sites (tertiary alicyclic amines) is 1. The van der Waals surface area contributed by atoms with Crippen LogP contribution in [0.3, 0.4) is 0 Å². The SMILES string of the molecule is CCCCNC(=O)C1CN(C(=O)NCC)CC1c1cc(OC)c(OC)c(OC)c1. The predicted octanol–water partition coefficient (Wildman–Crippen LogP) is 2.37. The summed E-state index contributed by atoms with van der Waals surface area (Å²) < 4.78 is 16.3. The van der Waals surface area contributed by atoms with Crippen LogP contribution in [0.4, 0.5) is 4.79 Å². The van der Waals surface area contributed by atoms with Crippen molar-refractivity contribution in [3.05, 3.63) is 17.7 Å². The normalized spacial score (nSPS) is 18.3.